The number of hydrogen-bond acceptors (Lipinski definition) is 3. The first-order valence-corrected chi connectivity index (χ1v) is 6.47. The zero-order valence-electron chi connectivity index (χ0n) is 10.5. The van der Waals surface area contributed by atoms with E-state index in [9.17, 15) is 5.11 Å². The van der Waals surface area contributed by atoms with Gasteiger partial charge < -0.3 is 10.8 Å². The summed E-state index contributed by atoms with van der Waals surface area (Å²) >= 11 is 0. The first-order chi connectivity index (χ1) is 8.22. The summed E-state index contributed by atoms with van der Waals surface area (Å²) in [7, 11) is 0. The minimum atomic E-state index is 0.330. The molecular formula is C14H22N2O. The number of nitrogens with zero attached hydrogens (tertiary/aromatic N) is 1. The van der Waals surface area contributed by atoms with Crippen LogP contribution in [0.1, 0.15) is 37.8 Å². The Morgan fingerprint density at radius 1 is 1.47 bits per heavy atom. The smallest absolute Gasteiger partial charge is 0.115 e. The molecule has 94 valence electrons. The van der Waals surface area contributed by atoms with Gasteiger partial charge in [0.25, 0.3) is 0 Å². The minimum Gasteiger partial charge on any atom is -0.508 e. The van der Waals surface area contributed by atoms with Gasteiger partial charge in [-0.05, 0) is 44.0 Å². The Kier molecular flexibility index (Phi) is 4.02. The van der Waals surface area contributed by atoms with Crippen LogP contribution in [0.4, 0.5) is 0 Å². The second-order valence-electron chi connectivity index (χ2n) is 4.89. The molecule has 2 unspecified atom stereocenters. The number of likely N-dealkylation sites (tertiary alicyclic amines) is 1. The van der Waals surface area contributed by atoms with Gasteiger partial charge in [0.2, 0.25) is 0 Å². The third-order valence-electron chi connectivity index (χ3n) is 3.79. The number of aromatic hydroxyl groups is 1. The maximum atomic E-state index is 9.54. The van der Waals surface area contributed by atoms with Crippen LogP contribution < -0.4 is 5.73 Å². The second-order valence-corrected chi connectivity index (χ2v) is 4.89. The van der Waals surface area contributed by atoms with Gasteiger partial charge in [-0.3, -0.25) is 4.90 Å². The normalized spacial score (nSPS) is 23.5. The summed E-state index contributed by atoms with van der Waals surface area (Å²) in [4.78, 5) is 2.47. The van der Waals surface area contributed by atoms with E-state index in [4.69, 9.17) is 5.73 Å². The molecule has 0 bridgehead atoms. The second kappa shape index (κ2) is 5.52. The lowest BCUT2D eigenvalue weighted by Crippen LogP contribution is -2.45. The highest BCUT2D eigenvalue weighted by Gasteiger charge is 2.26. The number of nitrogens with two attached hydrogens (primary N) is 1. The van der Waals surface area contributed by atoms with E-state index in [0.29, 0.717) is 17.8 Å². The van der Waals surface area contributed by atoms with Gasteiger partial charge in [0.05, 0.1) is 0 Å². The van der Waals surface area contributed by atoms with E-state index in [1.165, 1.54) is 24.8 Å². The first-order valence-electron chi connectivity index (χ1n) is 6.47. The average Bonchev–Trinajstić information content (AvgIpc) is 2.38. The first kappa shape index (κ1) is 12.4. The lowest BCUT2D eigenvalue weighted by molar-refractivity contribution is 0.108. The largest absolute Gasteiger partial charge is 0.508 e. The summed E-state index contributed by atoms with van der Waals surface area (Å²) in [6, 6.07) is 8.37. The van der Waals surface area contributed by atoms with Crippen molar-refractivity contribution in [2.45, 2.75) is 38.3 Å². The molecule has 1 aliphatic rings. The highest BCUT2D eigenvalue weighted by Crippen LogP contribution is 2.29. The van der Waals surface area contributed by atoms with Gasteiger partial charge in [0.15, 0.2) is 0 Å². The Morgan fingerprint density at radius 3 is 3.00 bits per heavy atom. The van der Waals surface area contributed by atoms with Crippen molar-refractivity contribution < 1.29 is 5.11 Å². The number of hydrogen-bond donors (Lipinski definition) is 2. The molecule has 2 atom stereocenters. The predicted molar refractivity (Wildman–Crippen MR) is 69.9 cm³/mol. The number of piperidine rings is 1. The maximum absolute atomic E-state index is 9.54. The van der Waals surface area contributed by atoms with Crippen LogP contribution in [0, 0.1) is 0 Å². The monoisotopic (exact) mass is 234 g/mol. The molecule has 3 nitrogen and oxygen atoms in total. The van der Waals surface area contributed by atoms with Crippen LogP contribution in [-0.4, -0.2) is 29.1 Å². The number of benzene rings is 1. The average molecular weight is 234 g/mol. The van der Waals surface area contributed by atoms with Crippen LogP contribution in [0.5, 0.6) is 5.75 Å². The Labute approximate surface area is 103 Å². The summed E-state index contributed by atoms with van der Waals surface area (Å²) < 4.78 is 0. The molecule has 0 spiro atoms. The molecule has 3 N–H and O–H groups in total. The molecular weight excluding hydrogens is 212 g/mol. The van der Waals surface area contributed by atoms with Crippen molar-refractivity contribution >= 4 is 0 Å². The Hall–Kier alpha value is -1.06. The van der Waals surface area contributed by atoms with Gasteiger partial charge in [-0.2, -0.15) is 0 Å². The lowest BCUT2D eigenvalue weighted by atomic mass is 9.97. The third kappa shape index (κ3) is 2.79. The number of phenols is 1. The summed E-state index contributed by atoms with van der Waals surface area (Å²) in [5.74, 6) is 0.343. The molecule has 1 aromatic rings. The molecule has 0 saturated carbocycles. The van der Waals surface area contributed by atoms with Gasteiger partial charge in [-0.15, -0.1) is 0 Å². The zero-order valence-corrected chi connectivity index (χ0v) is 10.5. The fourth-order valence-corrected chi connectivity index (χ4v) is 2.76. The summed E-state index contributed by atoms with van der Waals surface area (Å²) in [6.07, 6.45) is 3.73. The van der Waals surface area contributed by atoms with Crippen LogP contribution in [0.25, 0.3) is 0 Å². The minimum absolute atomic E-state index is 0.330. The molecule has 2 rings (SSSR count). The summed E-state index contributed by atoms with van der Waals surface area (Å²) in [6.45, 7) is 4.03. The molecule has 1 fully saturated rings. The van der Waals surface area contributed by atoms with Crippen LogP contribution in [-0.2, 0) is 0 Å². The van der Waals surface area contributed by atoms with Crippen LogP contribution in [0.3, 0.4) is 0 Å². The Morgan fingerprint density at radius 2 is 2.29 bits per heavy atom. The standard InChI is InChI=1S/C14H22N2O/c1-11(12-5-4-7-14(17)9-12)16-8-3-2-6-13(16)10-15/h4-5,7,9,11,13,17H,2-3,6,8,10,15H2,1H3. The highest BCUT2D eigenvalue weighted by molar-refractivity contribution is 5.29. The van der Waals surface area contributed by atoms with Crippen LogP contribution in [0.2, 0.25) is 0 Å². The fourth-order valence-electron chi connectivity index (χ4n) is 2.76. The fraction of sp³-hybridized carbons (Fsp3) is 0.571. The van der Waals surface area contributed by atoms with Crippen molar-refractivity contribution in [1.29, 1.82) is 0 Å². The zero-order chi connectivity index (χ0) is 12.3. The van der Waals surface area contributed by atoms with Crippen molar-refractivity contribution in [3.8, 4) is 5.75 Å². The SMILES string of the molecule is CC(c1cccc(O)c1)N1CCCCC1CN. The van der Waals surface area contributed by atoms with Gasteiger partial charge >= 0.3 is 0 Å². The van der Waals surface area contributed by atoms with Gasteiger partial charge in [-0.25, -0.2) is 0 Å². The van der Waals surface area contributed by atoms with E-state index in [1.54, 1.807) is 6.07 Å². The third-order valence-corrected chi connectivity index (χ3v) is 3.79. The van der Waals surface area contributed by atoms with E-state index in [2.05, 4.69) is 17.9 Å². The van der Waals surface area contributed by atoms with E-state index in [-0.39, 0.29) is 0 Å². The number of phenolic OH excluding ortho intramolecular Hbond substituents is 1. The topological polar surface area (TPSA) is 49.5 Å². The molecule has 0 radical (unpaired) electrons. The molecule has 1 saturated heterocycles. The lowest BCUT2D eigenvalue weighted by Gasteiger charge is -2.39. The predicted octanol–water partition coefficient (Wildman–Crippen LogP) is 2.27. The van der Waals surface area contributed by atoms with Crippen LogP contribution in [0.15, 0.2) is 24.3 Å². The summed E-state index contributed by atoms with van der Waals surface area (Å²) in [5.41, 5.74) is 7.02. The molecule has 17 heavy (non-hydrogen) atoms. The van der Waals surface area contributed by atoms with E-state index >= 15 is 0 Å². The molecule has 0 aliphatic carbocycles. The van der Waals surface area contributed by atoms with Crippen molar-refractivity contribution in [2.24, 2.45) is 5.73 Å². The number of rotatable bonds is 3. The molecule has 1 aliphatic heterocycles. The molecule has 1 aromatic carbocycles. The maximum Gasteiger partial charge on any atom is 0.115 e. The Balaban J connectivity index is 2.15. The Bertz CT molecular complexity index is 367. The van der Waals surface area contributed by atoms with Crippen molar-refractivity contribution in [1.82, 2.24) is 4.90 Å². The van der Waals surface area contributed by atoms with E-state index in [0.717, 1.165) is 13.1 Å². The molecule has 3 heteroatoms. The van der Waals surface area contributed by atoms with Crippen LogP contribution >= 0.6 is 0 Å². The van der Waals surface area contributed by atoms with Crippen molar-refractivity contribution in [2.75, 3.05) is 13.1 Å². The summed E-state index contributed by atoms with van der Waals surface area (Å²) in [5, 5.41) is 9.54. The van der Waals surface area contributed by atoms with Gasteiger partial charge in [0, 0.05) is 18.6 Å². The molecule has 0 aromatic heterocycles. The van der Waals surface area contributed by atoms with Gasteiger partial charge in [-0.1, -0.05) is 18.6 Å². The van der Waals surface area contributed by atoms with Gasteiger partial charge in [0.1, 0.15) is 5.75 Å². The molecule has 0 amide bonds. The van der Waals surface area contributed by atoms with E-state index < -0.39 is 0 Å². The van der Waals surface area contributed by atoms with Crippen molar-refractivity contribution in [3.63, 3.8) is 0 Å². The van der Waals surface area contributed by atoms with E-state index in [1.807, 2.05) is 12.1 Å². The van der Waals surface area contributed by atoms with Crippen molar-refractivity contribution in [3.05, 3.63) is 29.8 Å². The quantitative estimate of drug-likeness (QED) is 0.843. The molecule has 1 heterocycles. The highest BCUT2D eigenvalue weighted by atomic mass is 16.3.